The van der Waals surface area contributed by atoms with Crippen molar-refractivity contribution in [3.8, 4) is 0 Å². The van der Waals surface area contributed by atoms with Crippen LogP contribution in [0.15, 0.2) is 17.0 Å². The van der Waals surface area contributed by atoms with Crippen molar-refractivity contribution in [3.05, 3.63) is 23.5 Å². The van der Waals surface area contributed by atoms with Gasteiger partial charge in [-0.15, -0.1) is 0 Å². The fourth-order valence-corrected chi connectivity index (χ4v) is 2.97. The van der Waals surface area contributed by atoms with Gasteiger partial charge < -0.3 is 11.1 Å². The molecule has 0 unspecified atom stereocenters. The lowest BCUT2D eigenvalue weighted by molar-refractivity contribution is -0.120. The van der Waals surface area contributed by atoms with Crippen molar-refractivity contribution in [1.29, 1.82) is 0 Å². The minimum Gasteiger partial charge on any atom is -0.399 e. The highest BCUT2D eigenvalue weighted by atomic mass is 32.2. The Labute approximate surface area is 116 Å². The third-order valence-electron chi connectivity index (χ3n) is 2.97. The van der Waals surface area contributed by atoms with Gasteiger partial charge in [-0.1, -0.05) is 0 Å². The first kappa shape index (κ1) is 14.7. The maximum Gasteiger partial charge on any atom is 0.241 e. The van der Waals surface area contributed by atoms with Gasteiger partial charge in [-0.25, -0.2) is 17.5 Å². The fourth-order valence-electron chi connectivity index (χ4n) is 1.70. The van der Waals surface area contributed by atoms with E-state index in [2.05, 4.69) is 10.0 Å². The molecule has 1 aliphatic carbocycles. The van der Waals surface area contributed by atoms with Crippen molar-refractivity contribution in [2.75, 3.05) is 12.3 Å². The van der Waals surface area contributed by atoms with Gasteiger partial charge in [0.05, 0.1) is 11.4 Å². The van der Waals surface area contributed by atoms with Crippen LogP contribution in [0.3, 0.4) is 0 Å². The summed E-state index contributed by atoms with van der Waals surface area (Å²) in [5, 5.41) is 2.65. The van der Waals surface area contributed by atoms with Gasteiger partial charge >= 0.3 is 0 Å². The van der Waals surface area contributed by atoms with Crippen molar-refractivity contribution < 1.29 is 17.6 Å². The van der Waals surface area contributed by atoms with Crippen molar-refractivity contribution in [1.82, 2.24) is 10.0 Å². The Morgan fingerprint density at radius 2 is 2.10 bits per heavy atom. The Morgan fingerprint density at radius 3 is 2.70 bits per heavy atom. The SMILES string of the molecule is Cc1c(F)cc(N)cc1S(=O)(=O)NCC(=O)NC1CC1. The van der Waals surface area contributed by atoms with E-state index in [-0.39, 0.29) is 28.7 Å². The van der Waals surface area contributed by atoms with Gasteiger partial charge in [0.15, 0.2) is 0 Å². The molecular formula is C12H16FN3O3S. The lowest BCUT2D eigenvalue weighted by Gasteiger charge is -2.11. The molecule has 1 saturated carbocycles. The number of benzene rings is 1. The number of nitrogens with two attached hydrogens (primary N) is 1. The van der Waals surface area contributed by atoms with Crippen LogP contribution in [0, 0.1) is 12.7 Å². The molecule has 0 aromatic heterocycles. The van der Waals surface area contributed by atoms with Crippen molar-refractivity contribution >= 4 is 21.6 Å². The first-order valence-corrected chi connectivity index (χ1v) is 7.62. The lowest BCUT2D eigenvalue weighted by atomic mass is 10.2. The van der Waals surface area contributed by atoms with Crippen LogP contribution in [0.2, 0.25) is 0 Å². The normalized spacial score (nSPS) is 15.1. The second kappa shape index (κ2) is 5.37. The predicted octanol–water partition coefficient (Wildman–Crippen LogP) is 0.273. The molecule has 0 radical (unpaired) electrons. The molecule has 8 heteroatoms. The van der Waals surface area contributed by atoms with Gasteiger partial charge in [-0.05, 0) is 31.9 Å². The first-order valence-electron chi connectivity index (χ1n) is 6.14. The highest BCUT2D eigenvalue weighted by Crippen LogP contribution is 2.21. The molecule has 1 aromatic carbocycles. The molecular weight excluding hydrogens is 285 g/mol. The summed E-state index contributed by atoms with van der Waals surface area (Å²) in [4.78, 5) is 11.2. The van der Waals surface area contributed by atoms with Gasteiger partial charge in [-0.3, -0.25) is 4.79 Å². The minimum atomic E-state index is -3.98. The van der Waals surface area contributed by atoms with Crippen molar-refractivity contribution in [2.24, 2.45) is 0 Å². The zero-order valence-electron chi connectivity index (χ0n) is 10.9. The van der Waals surface area contributed by atoms with E-state index in [1.54, 1.807) is 0 Å². The third-order valence-corrected chi connectivity index (χ3v) is 4.50. The summed E-state index contributed by atoms with van der Waals surface area (Å²) < 4.78 is 39.7. The van der Waals surface area contributed by atoms with Crippen molar-refractivity contribution in [3.63, 3.8) is 0 Å². The molecule has 1 aromatic rings. The first-order chi connectivity index (χ1) is 9.29. The van der Waals surface area contributed by atoms with Crippen LogP contribution in [0.4, 0.5) is 10.1 Å². The van der Waals surface area contributed by atoms with E-state index >= 15 is 0 Å². The molecule has 0 saturated heterocycles. The molecule has 0 bridgehead atoms. The molecule has 1 aliphatic rings. The lowest BCUT2D eigenvalue weighted by Crippen LogP contribution is -2.38. The number of rotatable bonds is 5. The van der Waals surface area contributed by atoms with E-state index in [1.165, 1.54) is 13.0 Å². The van der Waals surface area contributed by atoms with E-state index in [0.29, 0.717) is 0 Å². The topological polar surface area (TPSA) is 101 Å². The van der Waals surface area contributed by atoms with Crippen LogP contribution in [0.1, 0.15) is 18.4 Å². The molecule has 2 rings (SSSR count). The van der Waals surface area contributed by atoms with Crippen LogP contribution in [0.5, 0.6) is 0 Å². The standard InChI is InChI=1S/C12H16FN3O3S/c1-7-10(13)4-8(14)5-11(7)20(18,19)15-6-12(17)16-9-2-3-9/h4-5,9,15H,2-3,6,14H2,1H3,(H,16,17). The fraction of sp³-hybridized carbons (Fsp3) is 0.417. The van der Waals surface area contributed by atoms with Crippen molar-refractivity contribution in [2.45, 2.75) is 30.7 Å². The monoisotopic (exact) mass is 301 g/mol. The number of sulfonamides is 1. The van der Waals surface area contributed by atoms with E-state index in [9.17, 15) is 17.6 Å². The molecule has 110 valence electrons. The predicted molar refractivity (Wildman–Crippen MR) is 71.9 cm³/mol. The molecule has 4 N–H and O–H groups in total. The molecule has 1 fully saturated rings. The number of anilines is 1. The molecule has 0 heterocycles. The quantitative estimate of drug-likeness (QED) is 0.680. The number of carbonyl (C=O) groups is 1. The second-order valence-corrected chi connectivity index (χ2v) is 6.53. The summed E-state index contributed by atoms with van der Waals surface area (Å²) in [5.74, 6) is -1.11. The number of carbonyl (C=O) groups excluding carboxylic acids is 1. The van der Waals surface area contributed by atoms with Gasteiger partial charge in [0.25, 0.3) is 0 Å². The van der Waals surface area contributed by atoms with E-state index in [1.807, 2.05) is 0 Å². The number of halogens is 1. The average molecular weight is 301 g/mol. The average Bonchev–Trinajstić information content (AvgIpc) is 3.15. The Bertz CT molecular complexity index is 642. The zero-order valence-corrected chi connectivity index (χ0v) is 11.8. The van der Waals surface area contributed by atoms with Gasteiger partial charge in [0.1, 0.15) is 5.82 Å². The number of nitrogen functional groups attached to an aromatic ring is 1. The number of nitrogens with one attached hydrogen (secondary N) is 2. The molecule has 0 atom stereocenters. The Morgan fingerprint density at radius 1 is 1.45 bits per heavy atom. The number of hydrogen-bond donors (Lipinski definition) is 3. The Kier molecular flexibility index (Phi) is 3.96. The van der Waals surface area contributed by atoms with Crippen LogP contribution in [-0.2, 0) is 14.8 Å². The van der Waals surface area contributed by atoms with Crippen LogP contribution in [0.25, 0.3) is 0 Å². The summed E-state index contributed by atoms with van der Waals surface area (Å²) in [7, 11) is -3.98. The van der Waals surface area contributed by atoms with Gasteiger partial charge in [0, 0.05) is 17.3 Å². The summed E-state index contributed by atoms with van der Waals surface area (Å²) in [6.07, 6.45) is 1.83. The highest BCUT2D eigenvalue weighted by Gasteiger charge is 2.25. The largest absolute Gasteiger partial charge is 0.399 e. The summed E-state index contributed by atoms with van der Waals surface area (Å²) in [6.45, 7) is 0.961. The molecule has 6 nitrogen and oxygen atoms in total. The maximum atomic E-state index is 13.5. The summed E-state index contributed by atoms with van der Waals surface area (Å²) in [5.41, 5.74) is 5.42. The second-order valence-electron chi connectivity index (χ2n) is 4.79. The van der Waals surface area contributed by atoms with E-state index < -0.39 is 21.7 Å². The molecule has 1 amide bonds. The third kappa shape index (κ3) is 3.45. The smallest absolute Gasteiger partial charge is 0.241 e. The van der Waals surface area contributed by atoms with Gasteiger partial charge in [-0.2, -0.15) is 0 Å². The Balaban J connectivity index is 2.11. The zero-order chi connectivity index (χ0) is 14.9. The highest BCUT2D eigenvalue weighted by molar-refractivity contribution is 7.89. The number of hydrogen-bond acceptors (Lipinski definition) is 4. The van der Waals surface area contributed by atoms with Gasteiger partial charge in [0.2, 0.25) is 15.9 Å². The summed E-state index contributed by atoms with van der Waals surface area (Å²) in [6, 6.07) is 2.37. The van der Waals surface area contributed by atoms with E-state index in [0.717, 1.165) is 18.9 Å². The maximum absolute atomic E-state index is 13.5. The molecule has 20 heavy (non-hydrogen) atoms. The van der Waals surface area contributed by atoms with Crippen LogP contribution in [-0.4, -0.2) is 26.9 Å². The van der Waals surface area contributed by atoms with Crippen LogP contribution < -0.4 is 15.8 Å². The minimum absolute atomic E-state index is 0.0101. The summed E-state index contributed by atoms with van der Waals surface area (Å²) >= 11 is 0. The van der Waals surface area contributed by atoms with Crippen LogP contribution >= 0.6 is 0 Å². The van der Waals surface area contributed by atoms with E-state index in [4.69, 9.17) is 5.73 Å². The Hall–Kier alpha value is -1.67. The molecule has 0 spiro atoms. The molecule has 0 aliphatic heterocycles. The number of amides is 1.